The number of carbonyl (C=O) groups excluding carboxylic acids is 1. The second-order valence-corrected chi connectivity index (χ2v) is 3.03. The van der Waals surface area contributed by atoms with Crippen LogP contribution < -0.4 is 5.73 Å². The molecular weight excluding hydrogens is 178 g/mol. The van der Waals surface area contributed by atoms with Crippen LogP contribution in [0.4, 0.5) is 0 Å². The fourth-order valence-corrected chi connectivity index (χ4v) is 0.344. The molecule has 0 aromatic carbocycles. The monoisotopic (exact) mass is 203 g/mol. The lowest BCUT2D eigenvalue weighted by atomic mass is 10.2. The molecule has 0 unspecified atom stereocenters. The molecule has 0 saturated heterocycles. The number of esters is 1. The SMILES string of the molecule is C=C(N)C(=O)OC(C)(C)C.CC.CC. The van der Waals surface area contributed by atoms with Gasteiger partial charge in [0.25, 0.3) is 0 Å². The summed E-state index contributed by atoms with van der Waals surface area (Å²) >= 11 is 0. The van der Waals surface area contributed by atoms with E-state index in [1.54, 1.807) is 20.8 Å². The molecule has 3 heteroatoms. The van der Waals surface area contributed by atoms with Crippen molar-refractivity contribution in [1.82, 2.24) is 0 Å². The number of rotatable bonds is 1. The maximum absolute atomic E-state index is 10.7. The highest BCUT2D eigenvalue weighted by molar-refractivity contribution is 5.86. The average Bonchev–Trinajstić information content (AvgIpc) is 2.08. The zero-order chi connectivity index (χ0) is 12.4. The van der Waals surface area contributed by atoms with Crippen LogP contribution in [-0.2, 0) is 9.53 Å². The number of hydrogen-bond acceptors (Lipinski definition) is 3. The highest BCUT2D eigenvalue weighted by Crippen LogP contribution is 2.07. The van der Waals surface area contributed by atoms with Crippen molar-refractivity contribution >= 4 is 5.97 Å². The lowest BCUT2D eigenvalue weighted by Crippen LogP contribution is -2.26. The quantitative estimate of drug-likeness (QED) is 0.526. The van der Waals surface area contributed by atoms with Crippen LogP contribution in [0.5, 0.6) is 0 Å². The van der Waals surface area contributed by atoms with Crippen LogP contribution >= 0.6 is 0 Å². The number of ether oxygens (including phenoxy) is 1. The van der Waals surface area contributed by atoms with E-state index in [4.69, 9.17) is 10.5 Å². The van der Waals surface area contributed by atoms with Gasteiger partial charge >= 0.3 is 5.97 Å². The fourth-order valence-electron chi connectivity index (χ4n) is 0.344. The lowest BCUT2D eigenvalue weighted by Gasteiger charge is -2.18. The van der Waals surface area contributed by atoms with E-state index >= 15 is 0 Å². The molecule has 0 aliphatic carbocycles. The average molecular weight is 203 g/mol. The van der Waals surface area contributed by atoms with Crippen molar-refractivity contribution in [2.45, 2.75) is 54.1 Å². The number of nitrogens with two attached hydrogens (primary N) is 1. The zero-order valence-corrected chi connectivity index (χ0v) is 10.6. The first kappa shape index (κ1) is 18.7. The Kier molecular flexibility index (Phi) is 13.5. The minimum absolute atomic E-state index is 0.0603. The van der Waals surface area contributed by atoms with Crippen molar-refractivity contribution in [1.29, 1.82) is 0 Å². The maximum Gasteiger partial charge on any atom is 0.354 e. The van der Waals surface area contributed by atoms with Crippen molar-refractivity contribution in [3.8, 4) is 0 Å². The molecule has 0 spiro atoms. The highest BCUT2D eigenvalue weighted by atomic mass is 16.6. The molecule has 0 radical (unpaired) electrons. The molecule has 0 atom stereocenters. The Morgan fingerprint density at radius 2 is 1.43 bits per heavy atom. The first-order valence-corrected chi connectivity index (χ1v) is 5.00. The molecule has 3 nitrogen and oxygen atoms in total. The van der Waals surface area contributed by atoms with Crippen LogP contribution in [0.15, 0.2) is 12.3 Å². The van der Waals surface area contributed by atoms with Crippen molar-refractivity contribution in [2.75, 3.05) is 0 Å². The standard InChI is InChI=1S/C7H13NO2.2C2H6/c1-5(8)6(9)10-7(2,3)4;2*1-2/h1,8H2,2-4H3;2*1-2H3. The molecule has 0 amide bonds. The van der Waals surface area contributed by atoms with E-state index in [1.165, 1.54) is 0 Å². The van der Waals surface area contributed by atoms with Gasteiger partial charge in [-0.15, -0.1) is 0 Å². The summed E-state index contributed by atoms with van der Waals surface area (Å²) in [5.74, 6) is -0.549. The first-order valence-electron chi connectivity index (χ1n) is 5.00. The molecule has 0 heterocycles. The first-order chi connectivity index (χ1) is 6.33. The van der Waals surface area contributed by atoms with E-state index in [2.05, 4.69) is 6.58 Å². The van der Waals surface area contributed by atoms with Gasteiger partial charge in [-0.1, -0.05) is 34.3 Å². The summed E-state index contributed by atoms with van der Waals surface area (Å²) in [5.41, 5.74) is 4.53. The Bertz CT molecular complexity index is 157. The van der Waals surface area contributed by atoms with Gasteiger partial charge in [-0.3, -0.25) is 0 Å². The van der Waals surface area contributed by atoms with Gasteiger partial charge in [0.2, 0.25) is 0 Å². The smallest absolute Gasteiger partial charge is 0.354 e. The van der Waals surface area contributed by atoms with Crippen molar-refractivity contribution in [3.63, 3.8) is 0 Å². The van der Waals surface area contributed by atoms with Crippen LogP contribution in [0.25, 0.3) is 0 Å². The normalized spacial score (nSPS) is 8.50. The summed E-state index contributed by atoms with van der Waals surface area (Å²) in [6.07, 6.45) is 0. The van der Waals surface area contributed by atoms with E-state index in [0.717, 1.165) is 0 Å². The van der Waals surface area contributed by atoms with E-state index in [1.807, 2.05) is 27.7 Å². The molecule has 0 aromatic heterocycles. The number of hydrogen-bond donors (Lipinski definition) is 1. The molecule has 0 fully saturated rings. The summed E-state index contributed by atoms with van der Waals surface area (Å²) in [4.78, 5) is 10.7. The van der Waals surface area contributed by atoms with Gasteiger partial charge in [0.1, 0.15) is 11.3 Å². The predicted molar refractivity (Wildman–Crippen MR) is 61.9 cm³/mol. The second kappa shape index (κ2) is 10.1. The van der Waals surface area contributed by atoms with Crippen molar-refractivity contribution in [2.24, 2.45) is 5.73 Å². The summed E-state index contributed by atoms with van der Waals surface area (Å²) in [7, 11) is 0. The molecule has 0 aliphatic rings. The summed E-state index contributed by atoms with van der Waals surface area (Å²) < 4.78 is 4.84. The molecule has 0 bridgehead atoms. The fraction of sp³-hybridized carbons (Fsp3) is 0.727. The third kappa shape index (κ3) is 17.2. The molecule has 0 aromatic rings. The Balaban J connectivity index is -0.000000266. The Morgan fingerprint density at radius 3 is 1.50 bits per heavy atom. The zero-order valence-electron chi connectivity index (χ0n) is 10.6. The van der Waals surface area contributed by atoms with E-state index in [9.17, 15) is 4.79 Å². The summed E-state index contributed by atoms with van der Waals surface area (Å²) in [5, 5.41) is 0. The van der Waals surface area contributed by atoms with Gasteiger partial charge in [-0.2, -0.15) is 0 Å². The van der Waals surface area contributed by atoms with Crippen molar-refractivity contribution < 1.29 is 9.53 Å². The van der Waals surface area contributed by atoms with E-state index < -0.39 is 11.6 Å². The third-order valence-corrected chi connectivity index (χ3v) is 0.661. The Hall–Kier alpha value is -0.990. The molecule has 0 aliphatic heterocycles. The van der Waals surface area contributed by atoms with Gasteiger partial charge < -0.3 is 10.5 Å². The maximum atomic E-state index is 10.7. The topological polar surface area (TPSA) is 52.3 Å². The predicted octanol–water partition coefficient (Wildman–Crippen LogP) is 2.85. The van der Waals surface area contributed by atoms with Crippen LogP contribution in [0, 0.1) is 0 Å². The van der Waals surface area contributed by atoms with E-state index in [0.29, 0.717) is 0 Å². The molecule has 14 heavy (non-hydrogen) atoms. The Labute approximate surface area is 88.3 Å². The van der Waals surface area contributed by atoms with Crippen LogP contribution in [0.3, 0.4) is 0 Å². The van der Waals surface area contributed by atoms with Crippen LogP contribution in [0.2, 0.25) is 0 Å². The second-order valence-electron chi connectivity index (χ2n) is 3.03. The van der Waals surface area contributed by atoms with Gasteiger partial charge in [0.05, 0.1) is 0 Å². The lowest BCUT2D eigenvalue weighted by molar-refractivity contribution is -0.149. The van der Waals surface area contributed by atoms with Crippen LogP contribution in [0.1, 0.15) is 48.5 Å². The highest BCUT2D eigenvalue weighted by Gasteiger charge is 2.16. The van der Waals surface area contributed by atoms with Gasteiger partial charge in [-0.05, 0) is 20.8 Å². The molecule has 0 saturated carbocycles. The van der Waals surface area contributed by atoms with Crippen molar-refractivity contribution in [3.05, 3.63) is 12.3 Å². The summed E-state index contributed by atoms with van der Waals surface area (Å²) in [6, 6.07) is 0. The van der Waals surface area contributed by atoms with Crippen LogP contribution in [-0.4, -0.2) is 11.6 Å². The minimum Gasteiger partial charge on any atom is -0.455 e. The van der Waals surface area contributed by atoms with Gasteiger partial charge in [0.15, 0.2) is 0 Å². The molecule has 2 N–H and O–H groups in total. The van der Waals surface area contributed by atoms with Gasteiger partial charge in [0, 0.05) is 0 Å². The molecular formula is C11H25NO2. The largest absolute Gasteiger partial charge is 0.455 e. The molecule has 86 valence electrons. The van der Waals surface area contributed by atoms with Gasteiger partial charge in [-0.25, -0.2) is 4.79 Å². The summed E-state index contributed by atoms with van der Waals surface area (Å²) in [6.45, 7) is 16.6. The third-order valence-electron chi connectivity index (χ3n) is 0.661. The number of carbonyl (C=O) groups is 1. The van der Waals surface area contributed by atoms with E-state index in [-0.39, 0.29) is 5.70 Å². The molecule has 0 rings (SSSR count). The minimum atomic E-state index is -0.549. The Morgan fingerprint density at radius 1 is 1.14 bits per heavy atom.